The van der Waals surface area contributed by atoms with Gasteiger partial charge in [-0.2, -0.15) is 0 Å². The maximum absolute atomic E-state index is 12.8. The van der Waals surface area contributed by atoms with E-state index < -0.39 is 18.1 Å². The summed E-state index contributed by atoms with van der Waals surface area (Å²) in [5.41, 5.74) is 1.70. The number of hydrogen-bond acceptors (Lipinski definition) is 7. The second-order valence-electron chi connectivity index (χ2n) is 7.45. The molecule has 1 aliphatic heterocycles. The minimum absolute atomic E-state index is 0.0878. The fraction of sp³-hybridized carbons (Fsp3) is 0.120. The maximum Gasteiger partial charge on any atom is 0.344 e. The molecular weight excluding hydrogens is 438 g/mol. The van der Waals surface area contributed by atoms with Crippen LogP contribution < -0.4 is 9.47 Å². The third kappa shape index (κ3) is 3.25. The Kier molecular flexibility index (Phi) is 5.21. The molecule has 3 aromatic carbocycles. The summed E-state index contributed by atoms with van der Waals surface area (Å²) in [5, 5.41) is 19.5. The van der Waals surface area contributed by atoms with Crippen LogP contribution in [0.2, 0.25) is 0 Å². The lowest BCUT2D eigenvalue weighted by Gasteiger charge is -2.16. The van der Waals surface area contributed by atoms with Crippen molar-refractivity contribution in [3.63, 3.8) is 0 Å². The van der Waals surface area contributed by atoms with Crippen molar-refractivity contribution in [1.82, 2.24) is 4.57 Å². The Bertz CT molecular complexity index is 1460. The van der Waals surface area contributed by atoms with E-state index in [9.17, 15) is 14.7 Å². The van der Waals surface area contributed by atoms with Crippen molar-refractivity contribution in [3.8, 4) is 17.4 Å². The standard InChI is InChI=1S/C25H19N3O6/c1-32-18-13-12-16-19(21(18)33-2)25(31)34-24(16)28-17-11-7-6-10-15(17)20(23(28)30)26-27-22(29)14-8-4-3-5-9-14/h3-13,24,30H,1-2H3/t24-/m0/s1. The fourth-order valence-corrected chi connectivity index (χ4v) is 4.08. The van der Waals surface area contributed by atoms with Crippen LogP contribution in [0.15, 0.2) is 77.0 Å². The van der Waals surface area contributed by atoms with Gasteiger partial charge in [-0.15, -0.1) is 10.2 Å². The van der Waals surface area contributed by atoms with Crippen molar-refractivity contribution < 1.29 is 28.9 Å². The van der Waals surface area contributed by atoms with Gasteiger partial charge in [0.1, 0.15) is 5.56 Å². The number of para-hydroxylation sites is 1. The summed E-state index contributed by atoms with van der Waals surface area (Å²) in [6.45, 7) is 0. The predicted octanol–water partition coefficient (Wildman–Crippen LogP) is 5.01. The van der Waals surface area contributed by atoms with Crippen LogP contribution in [0.1, 0.15) is 32.5 Å². The molecule has 1 N–H and O–H groups in total. The first-order chi connectivity index (χ1) is 16.5. The van der Waals surface area contributed by atoms with Gasteiger partial charge in [-0.05, 0) is 30.3 Å². The van der Waals surface area contributed by atoms with Crippen molar-refractivity contribution in [2.45, 2.75) is 6.23 Å². The molecule has 1 amide bonds. The van der Waals surface area contributed by atoms with Crippen LogP contribution in [0.5, 0.6) is 17.4 Å². The number of cyclic esters (lactones) is 1. The Morgan fingerprint density at radius 2 is 1.74 bits per heavy atom. The largest absolute Gasteiger partial charge is 0.493 e. The Balaban J connectivity index is 1.64. The lowest BCUT2D eigenvalue weighted by atomic mass is 10.1. The molecule has 1 aromatic heterocycles. The van der Waals surface area contributed by atoms with Gasteiger partial charge in [0.2, 0.25) is 12.1 Å². The van der Waals surface area contributed by atoms with Gasteiger partial charge in [0.05, 0.1) is 19.7 Å². The smallest absolute Gasteiger partial charge is 0.344 e. The molecule has 0 bridgehead atoms. The van der Waals surface area contributed by atoms with E-state index in [2.05, 4.69) is 10.2 Å². The number of nitrogens with zero attached hydrogens (tertiary/aromatic N) is 3. The van der Waals surface area contributed by atoms with Crippen LogP contribution in [-0.2, 0) is 4.74 Å². The Morgan fingerprint density at radius 1 is 1.00 bits per heavy atom. The molecule has 1 atom stereocenters. The average molecular weight is 457 g/mol. The number of aromatic hydroxyl groups is 1. The number of esters is 1. The summed E-state index contributed by atoms with van der Waals surface area (Å²) in [7, 11) is 2.91. The van der Waals surface area contributed by atoms with Crippen molar-refractivity contribution in [1.29, 1.82) is 0 Å². The zero-order valence-corrected chi connectivity index (χ0v) is 18.3. The number of ether oxygens (including phenoxy) is 3. The summed E-state index contributed by atoms with van der Waals surface area (Å²) in [6, 6.07) is 18.9. The molecule has 2 heterocycles. The van der Waals surface area contributed by atoms with Crippen molar-refractivity contribution in [3.05, 3.63) is 83.4 Å². The zero-order chi connectivity index (χ0) is 23.8. The van der Waals surface area contributed by atoms with Crippen LogP contribution in [0.4, 0.5) is 5.69 Å². The third-order valence-electron chi connectivity index (χ3n) is 5.62. The Hall–Kier alpha value is -4.66. The first kappa shape index (κ1) is 21.2. The number of rotatable bonds is 5. The highest BCUT2D eigenvalue weighted by Crippen LogP contribution is 2.48. The summed E-state index contributed by atoms with van der Waals surface area (Å²) < 4.78 is 17.8. The van der Waals surface area contributed by atoms with Crippen molar-refractivity contribution >= 4 is 28.5 Å². The molecule has 0 spiro atoms. The van der Waals surface area contributed by atoms with Gasteiger partial charge in [0.25, 0.3) is 5.91 Å². The Labute approximate surface area is 193 Å². The number of fused-ring (bicyclic) bond motifs is 2. The monoisotopic (exact) mass is 457 g/mol. The summed E-state index contributed by atoms with van der Waals surface area (Å²) in [4.78, 5) is 25.2. The molecule has 0 saturated heterocycles. The molecule has 0 radical (unpaired) electrons. The normalized spacial score (nSPS) is 14.9. The number of hydrogen-bond donors (Lipinski definition) is 1. The molecule has 0 unspecified atom stereocenters. The first-order valence-electron chi connectivity index (χ1n) is 10.3. The quantitative estimate of drug-likeness (QED) is 0.333. The molecule has 5 rings (SSSR count). The zero-order valence-electron chi connectivity index (χ0n) is 18.3. The first-order valence-corrected chi connectivity index (χ1v) is 10.3. The van der Waals surface area contributed by atoms with Gasteiger partial charge in [-0.3, -0.25) is 9.36 Å². The summed E-state index contributed by atoms with van der Waals surface area (Å²) >= 11 is 0. The van der Waals surface area contributed by atoms with Crippen LogP contribution >= 0.6 is 0 Å². The molecule has 4 aromatic rings. The number of carbonyl (C=O) groups excluding carboxylic acids is 2. The third-order valence-corrected chi connectivity index (χ3v) is 5.62. The van der Waals surface area contributed by atoms with Crippen LogP contribution in [0.25, 0.3) is 10.9 Å². The Morgan fingerprint density at radius 3 is 2.47 bits per heavy atom. The summed E-state index contributed by atoms with van der Waals surface area (Å²) in [5.74, 6) is -0.834. The topological polar surface area (TPSA) is 112 Å². The molecule has 9 heteroatoms. The van der Waals surface area contributed by atoms with E-state index in [1.165, 1.54) is 18.8 Å². The van der Waals surface area contributed by atoms with Crippen LogP contribution in [0.3, 0.4) is 0 Å². The highest BCUT2D eigenvalue weighted by molar-refractivity contribution is 6.00. The SMILES string of the molecule is COc1ccc2c(c1OC)C(=O)O[C@@H]2n1c(O)c(N=NC(=O)c2ccccc2)c2ccccc21. The number of azo groups is 1. The van der Waals surface area contributed by atoms with E-state index in [0.717, 1.165) is 0 Å². The van der Waals surface area contributed by atoms with Crippen molar-refractivity contribution in [2.24, 2.45) is 10.2 Å². The van der Waals surface area contributed by atoms with E-state index in [1.807, 2.05) is 0 Å². The van der Waals surface area contributed by atoms with E-state index in [1.54, 1.807) is 66.7 Å². The maximum atomic E-state index is 12.8. The fourth-order valence-electron chi connectivity index (χ4n) is 4.08. The van der Waals surface area contributed by atoms with Gasteiger partial charge in [0.15, 0.2) is 17.2 Å². The predicted molar refractivity (Wildman–Crippen MR) is 122 cm³/mol. The van der Waals surface area contributed by atoms with Gasteiger partial charge in [0, 0.05) is 16.5 Å². The van der Waals surface area contributed by atoms with Crippen LogP contribution in [0, 0.1) is 0 Å². The van der Waals surface area contributed by atoms with Gasteiger partial charge >= 0.3 is 5.97 Å². The molecule has 170 valence electrons. The highest BCUT2D eigenvalue weighted by atomic mass is 16.6. The average Bonchev–Trinajstić information content (AvgIpc) is 3.35. The molecule has 0 saturated carbocycles. The van der Waals surface area contributed by atoms with Gasteiger partial charge < -0.3 is 19.3 Å². The number of amides is 1. The second-order valence-corrected chi connectivity index (χ2v) is 7.45. The van der Waals surface area contributed by atoms with E-state index in [0.29, 0.717) is 27.8 Å². The van der Waals surface area contributed by atoms with Crippen LogP contribution in [-0.4, -0.2) is 35.8 Å². The molecule has 9 nitrogen and oxygen atoms in total. The molecular formula is C25H19N3O6. The minimum atomic E-state index is -0.985. The number of carbonyl (C=O) groups is 2. The number of benzene rings is 3. The lowest BCUT2D eigenvalue weighted by Crippen LogP contribution is -2.09. The van der Waals surface area contributed by atoms with E-state index in [4.69, 9.17) is 14.2 Å². The second kappa shape index (κ2) is 8.36. The molecule has 1 aliphatic rings. The van der Waals surface area contributed by atoms with Gasteiger partial charge in [-0.25, -0.2) is 4.79 Å². The summed E-state index contributed by atoms with van der Waals surface area (Å²) in [6.07, 6.45) is -0.985. The molecule has 0 aliphatic carbocycles. The van der Waals surface area contributed by atoms with E-state index >= 15 is 0 Å². The number of aromatic nitrogens is 1. The molecule has 34 heavy (non-hydrogen) atoms. The minimum Gasteiger partial charge on any atom is -0.493 e. The lowest BCUT2D eigenvalue weighted by molar-refractivity contribution is 0.0316. The van der Waals surface area contributed by atoms with Crippen molar-refractivity contribution in [2.75, 3.05) is 14.2 Å². The van der Waals surface area contributed by atoms with E-state index in [-0.39, 0.29) is 22.9 Å². The molecule has 0 fully saturated rings. The highest BCUT2D eigenvalue weighted by Gasteiger charge is 2.39. The van der Waals surface area contributed by atoms with Gasteiger partial charge in [-0.1, -0.05) is 36.4 Å². The number of methoxy groups -OCH3 is 2.